The third-order valence-corrected chi connectivity index (χ3v) is 8.45. The van der Waals surface area contributed by atoms with Crippen molar-refractivity contribution in [3.63, 3.8) is 0 Å². The number of nitrogens with zero attached hydrogens (tertiary/aromatic N) is 3. The highest BCUT2D eigenvalue weighted by Gasteiger charge is 2.28. The largest absolute Gasteiger partial charge is 0.392 e. The van der Waals surface area contributed by atoms with Crippen molar-refractivity contribution >= 4 is 36.7 Å². The van der Waals surface area contributed by atoms with E-state index in [1.807, 2.05) is 58.3 Å². The highest BCUT2D eigenvalue weighted by atomic mass is 32.2. The number of benzene rings is 2. The van der Waals surface area contributed by atoms with Gasteiger partial charge in [-0.3, -0.25) is 0 Å². The number of aromatic nitrogens is 1. The van der Waals surface area contributed by atoms with Crippen molar-refractivity contribution in [2.24, 2.45) is 5.92 Å². The van der Waals surface area contributed by atoms with E-state index in [9.17, 15) is 13.5 Å². The molecule has 0 bridgehead atoms. The summed E-state index contributed by atoms with van der Waals surface area (Å²) in [6, 6.07) is 15.0. The maximum atomic E-state index is 13.6. The van der Waals surface area contributed by atoms with E-state index in [-0.39, 0.29) is 17.4 Å². The van der Waals surface area contributed by atoms with E-state index in [2.05, 4.69) is 15.2 Å². The monoisotopic (exact) mass is 518 g/mol. The van der Waals surface area contributed by atoms with E-state index in [0.717, 1.165) is 40.4 Å². The van der Waals surface area contributed by atoms with Crippen molar-refractivity contribution in [1.29, 1.82) is 0 Å². The topological polar surface area (TPSA) is 85.8 Å². The second-order valence-electron chi connectivity index (χ2n) is 9.63. The van der Waals surface area contributed by atoms with E-state index in [1.54, 1.807) is 18.2 Å². The van der Waals surface area contributed by atoms with Crippen LogP contribution in [0.4, 0.5) is 5.13 Å². The summed E-state index contributed by atoms with van der Waals surface area (Å²) in [4.78, 5) is 6.97. The van der Waals surface area contributed by atoms with Gasteiger partial charge in [0.15, 0.2) is 5.13 Å². The summed E-state index contributed by atoms with van der Waals surface area (Å²) in [6.07, 6.45) is 1.47. The van der Waals surface area contributed by atoms with Gasteiger partial charge in [-0.2, -0.15) is 4.31 Å². The van der Waals surface area contributed by atoms with E-state index >= 15 is 0 Å². The van der Waals surface area contributed by atoms with Gasteiger partial charge in [-0.25, -0.2) is 13.4 Å². The highest BCUT2D eigenvalue weighted by Crippen LogP contribution is 2.29. The van der Waals surface area contributed by atoms with Crippen LogP contribution < -0.4 is 5.32 Å². The number of nitrogens with one attached hydrogen (secondary N) is 1. The normalized spacial score (nSPS) is 13.3. The Morgan fingerprint density at radius 3 is 2.51 bits per heavy atom. The first-order valence-electron chi connectivity index (χ1n) is 12.2. The average molecular weight is 519 g/mol. The molecule has 3 aromatic rings. The van der Waals surface area contributed by atoms with Crippen molar-refractivity contribution in [3.8, 4) is 0 Å². The molecule has 0 aliphatic rings. The molecule has 0 fully saturated rings. The van der Waals surface area contributed by atoms with Gasteiger partial charge < -0.3 is 15.3 Å². The second kappa shape index (κ2) is 12.8. The number of rotatable bonds is 14. The SMILES string of the molecule is CC(C)CN(CC(O)CCc1ccccc1)S(=O)(=O)c1ccc2nc(NCCCN(C)C)sc2c1. The molecule has 1 atom stereocenters. The molecule has 2 aromatic carbocycles. The number of aliphatic hydroxyl groups excluding tert-OH is 1. The van der Waals surface area contributed by atoms with E-state index < -0.39 is 16.1 Å². The Morgan fingerprint density at radius 2 is 1.83 bits per heavy atom. The smallest absolute Gasteiger partial charge is 0.243 e. The fourth-order valence-corrected chi connectivity index (χ4v) is 6.54. The van der Waals surface area contributed by atoms with Crippen LogP contribution in [0.2, 0.25) is 0 Å². The quantitative estimate of drug-likeness (QED) is 0.310. The predicted octanol–water partition coefficient (Wildman–Crippen LogP) is 4.30. The van der Waals surface area contributed by atoms with Gasteiger partial charge >= 0.3 is 0 Å². The number of aryl methyl sites for hydroxylation is 1. The van der Waals surface area contributed by atoms with Crippen LogP contribution in [0.15, 0.2) is 53.4 Å². The van der Waals surface area contributed by atoms with Crippen LogP contribution in [-0.2, 0) is 16.4 Å². The lowest BCUT2D eigenvalue weighted by Crippen LogP contribution is -2.40. The van der Waals surface area contributed by atoms with Crippen LogP contribution >= 0.6 is 11.3 Å². The summed E-state index contributed by atoms with van der Waals surface area (Å²) in [5.74, 6) is 0.135. The third kappa shape index (κ3) is 8.25. The fraction of sp³-hybridized carbons (Fsp3) is 0.500. The molecule has 0 amide bonds. The van der Waals surface area contributed by atoms with Crippen molar-refractivity contribution in [2.45, 2.75) is 44.1 Å². The molecule has 0 saturated carbocycles. The molecule has 1 heterocycles. The molecule has 3 rings (SSSR count). The first-order chi connectivity index (χ1) is 16.6. The lowest BCUT2D eigenvalue weighted by Gasteiger charge is -2.26. The maximum Gasteiger partial charge on any atom is 0.243 e. The Bertz CT molecular complexity index is 1160. The Morgan fingerprint density at radius 1 is 1.09 bits per heavy atom. The van der Waals surface area contributed by atoms with Crippen molar-refractivity contribution in [1.82, 2.24) is 14.2 Å². The molecule has 0 aliphatic heterocycles. The van der Waals surface area contributed by atoms with Crippen LogP contribution in [0.1, 0.15) is 32.3 Å². The molecule has 192 valence electrons. The van der Waals surface area contributed by atoms with Gasteiger partial charge in [0.05, 0.1) is 21.2 Å². The minimum atomic E-state index is -3.76. The van der Waals surface area contributed by atoms with Gasteiger partial charge in [-0.15, -0.1) is 0 Å². The zero-order valence-electron chi connectivity index (χ0n) is 21.1. The summed E-state index contributed by atoms with van der Waals surface area (Å²) in [6.45, 7) is 6.20. The zero-order valence-corrected chi connectivity index (χ0v) is 22.8. The molecule has 1 unspecified atom stereocenters. The molecule has 0 saturated heterocycles. The highest BCUT2D eigenvalue weighted by molar-refractivity contribution is 7.89. The molecule has 0 aliphatic carbocycles. The van der Waals surface area contributed by atoms with Crippen LogP contribution in [-0.4, -0.2) is 74.1 Å². The molecular formula is C26H38N4O3S2. The van der Waals surface area contributed by atoms with Crippen LogP contribution in [0, 0.1) is 5.92 Å². The Balaban J connectivity index is 1.71. The Kier molecular flexibility index (Phi) is 10.1. The minimum absolute atomic E-state index is 0.0761. The van der Waals surface area contributed by atoms with Gasteiger partial charge in [0.2, 0.25) is 10.0 Å². The second-order valence-corrected chi connectivity index (χ2v) is 12.6. The minimum Gasteiger partial charge on any atom is -0.392 e. The van der Waals surface area contributed by atoms with Gasteiger partial charge in [-0.1, -0.05) is 55.5 Å². The maximum absolute atomic E-state index is 13.6. The van der Waals surface area contributed by atoms with Gasteiger partial charge in [-0.05, 0) is 69.6 Å². The van der Waals surface area contributed by atoms with Gasteiger partial charge in [0.25, 0.3) is 0 Å². The molecule has 0 radical (unpaired) electrons. The number of anilines is 1. The third-order valence-electron chi connectivity index (χ3n) is 5.65. The molecule has 7 nitrogen and oxygen atoms in total. The van der Waals surface area contributed by atoms with Gasteiger partial charge in [0, 0.05) is 19.6 Å². The van der Waals surface area contributed by atoms with Crippen LogP contribution in [0.3, 0.4) is 0 Å². The molecule has 1 aromatic heterocycles. The first kappa shape index (κ1) is 27.5. The summed E-state index contributed by atoms with van der Waals surface area (Å²) in [7, 11) is 0.332. The molecule has 2 N–H and O–H groups in total. The van der Waals surface area contributed by atoms with Crippen LogP contribution in [0.5, 0.6) is 0 Å². The molecule has 35 heavy (non-hydrogen) atoms. The first-order valence-corrected chi connectivity index (χ1v) is 14.4. The number of aliphatic hydroxyl groups is 1. The van der Waals surface area contributed by atoms with Crippen molar-refractivity contribution < 1.29 is 13.5 Å². The van der Waals surface area contributed by atoms with Crippen molar-refractivity contribution in [3.05, 3.63) is 54.1 Å². The number of hydrogen-bond acceptors (Lipinski definition) is 7. The van der Waals surface area contributed by atoms with E-state index in [0.29, 0.717) is 19.4 Å². The van der Waals surface area contributed by atoms with Gasteiger partial charge in [0.1, 0.15) is 0 Å². The van der Waals surface area contributed by atoms with E-state index in [1.165, 1.54) is 15.6 Å². The summed E-state index contributed by atoms with van der Waals surface area (Å²) in [5.41, 5.74) is 1.91. The number of sulfonamides is 1. The summed E-state index contributed by atoms with van der Waals surface area (Å²) >= 11 is 1.46. The molecule has 9 heteroatoms. The lowest BCUT2D eigenvalue weighted by molar-refractivity contribution is 0.133. The fourth-order valence-electron chi connectivity index (χ4n) is 3.86. The lowest BCUT2D eigenvalue weighted by atomic mass is 10.1. The average Bonchev–Trinajstić information content (AvgIpc) is 3.22. The van der Waals surface area contributed by atoms with E-state index in [4.69, 9.17) is 0 Å². The Labute approximate surface area is 213 Å². The van der Waals surface area contributed by atoms with Crippen LogP contribution in [0.25, 0.3) is 10.2 Å². The molecular weight excluding hydrogens is 480 g/mol. The summed E-state index contributed by atoms with van der Waals surface area (Å²) in [5, 5.41) is 14.8. The number of fused-ring (bicyclic) bond motifs is 1. The summed E-state index contributed by atoms with van der Waals surface area (Å²) < 4.78 is 29.4. The van der Waals surface area contributed by atoms with Crippen molar-refractivity contribution in [2.75, 3.05) is 45.6 Å². The molecule has 0 spiro atoms. The standard InChI is InChI=1S/C26H38N4O3S2/c1-20(2)18-30(19-22(31)12-11-21-9-6-5-7-10-21)35(32,33)23-13-14-24-25(17-23)34-26(28-24)27-15-8-16-29(3)4/h5-7,9-10,13-14,17,20,22,31H,8,11-12,15-16,18-19H2,1-4H3,(H,27,28). The number of hydrogen-bond donors (Lipinski definition) is 2. The predicted molar refractivity (Wildman–Crippen MR) is 146 cm³/mol. The zero-order chi connectivity index (χ0) is 25.4. The Hall–Kier alpha value is -2.04. The number of thiazole rings is 1.